The average molecular weight is 244 g/mol. The highest BCUT2D eigenvalue weighted by Gasteiger charge is 2.23. The molecule has 0 saturated carbocycles. The van der Waals surface area contributed by atoms with Gasteiger partial charge in [-0.15, -0.1) is 0 Å². The number of likely N-dealkylation sites (tertiary alicyclic amines) is 1. The first kappa shape index (κ1) is 13.9. The minimum absolute atomic E-state index is 0.00302. The number of ether oxygens (including phenoxy) is 1. The van der Waals surface area contributed by atoms with Crippen molar-refractivity contribution in [2.24, 2.45) is 0 Å². The quantitative estimate of drug-likeness (QED) is 0.610. The fourth-order valence-corrected chi connectivity index (χ4v) is 1.87. The number of amides is 2. The number of rotatable bonds is 7. The van der Waals surface area contributed by atoms with Gasteiger partial charge in [0.05, 0.1) is 19.2 Å². The number of carbonyl (C=O) groups is 2. The summed E-state index contributed by atoms with van der Waals surface area (Å²) in [4.78, 5) is 24.5. The molecule has 1 saturated heterocycles. The standard InChI is InChI=1S/C11H20N2O4/c1-17-8-9(4-6-14)12-10(15)7-13-5-2-3-11(13)16/h9,14H,2-8H2,1H3,(H,12,15). The minimum Gasteiger partial charge on any atom is -0.396 e. The molecule has 1 atom stereocenters. The van der Waals surface area contributed by atoms with Crippen LogP contribution in [0.25, 0.3) is 0 Å². The lowest BCUT2D eigenvalue weighted by Crippen LogP contribution is -2.44. The van der Waals surface area contributed by atoms with Crippen LogP contribution in [0.2, 0.25) is 0 Å². The number of aliphatic hydroxyl groups is 1. The van der Waals surface area contributed by atoms with Gasteiger partial charge in [0.1, 0.15) is 0 Å². The Balaban J connectivity index is 2.33. The Kier molecular flexibility index (Phi) is 5.93. The maximum absolute atomic E-state index is 11.7. The Hall–Kier alpha value is -1.14. The van der Waals surface area contributed by atoms with Crippen LogP contribution in [0.5, 0.6) is 0 Å². The minimum atomic E-state index is -0.199. The molecule has 6 nitrogen and oxygen atoms in total. The topological polar surface area (TPSA) is 78.9 Å². The summed E-state index contributed by atoms with van der Waals surface area (Å²) in [5, 5.41) is 11.6. The molecular weight excluding hydrogens is 224 g/mol. The van der Waals surface area contributed by atoms with E-state index in [1.54, 1.807) is 12.0 Å². The Morgan fingerprint density at radius 2 is 2.41 bits per heavy atom. The smallest absolute Gasteiger partial charge is 0.239 e. The fraction of sp³-hybridized carbons (Fsp3) is 0.818. The number of aliphatic hydroxyl groups excluding tert-OH is 1. The van der Waals surface area contributed by atoms with Crippen molar-refractivity contribution in [3.63, 3.8) is 0 Å². The summed E-state index contributed by atoms with van der Waals surface area (Å²) >= 11 is 0. The zero-order valence-corrected chi connectivity index (χ0v) is 10.1. The maximum Gasteiger partial charge on any atom is 0.239 e. The van der Waals surface area contributed by atoms with Crippen molar-refractivity contribution in [1.82, 2.24) is 10.2 Å². The zero-order chi connectivity index (χ0) is 12.7. The molecule has 0 radical (unpaired) electrons. The Morgan fingerprint density at radius 3 is 2.94 bits per heavy atom. The van der Waals surface area contributed by atoms with Crippen LogP contribution in [0.1, 0.15) is 19.3 Å². The van der Waals surface area contributed by atoms with Crippen LogP contribution in [0.15, 0.2) is 0 Å². The van der Waals surface area contributed by atoms with Crippen LogP contribution < -0.4 is 5.32 Å². The van der Waals surface area contributed by atoms with E-state index in [2.05, 4.69) is 5.32 Å². The van der Waals surface area contributed by atoms with Crippen molar-refractivity contribution in [2.75, 3.05) is 33.4 Å². The molecule has 1 aliphatic rings. The van der Waals surface area contributed by atoms with Crippen LogP contribution in [0.4, 0.5) is 0 Å². The highest BCUT2D eigenvalue weighted by molar-refractivity contribution is 5.85. The van der Waals surface area contributed by atoms with Gasteiger partial charge >= 0.3 is 0 Å². The lowest BCUT2D eigenvalue weighted by molar-refractivity contribution is -0.133. The van der Waals surface area contributed by atoms with E-state index in [9.17, 15) is 9.59 Å². The third-order valence-electron chi connectivity index (χ3n) is 2.72. The van der Waals surface area contributed by atoms with Gasteiger partial charge in [0.2, 0.25) is 11.8 Å². The number of hydrogen-bond acceptors (Lipinski definition) is 4. The molecule has 17 heavy (non-hydrogen) atoms. The van der Waals surface area contributed by atoms with E-state index in [1.807, 2.05) is 0 Å². The van der Waals surface area contributed by atoms with E-state index >= 15 is 0 Å². The Labute approximate surface area is 101 Å². The monoisotopic (exact) mass is 244 g/mol. The lowest BCUT2D eigenvalue weighted by Gasteiger charge is -2.20. The van der Waals surface area contributed by atoms with Crippen molar-refractivity contribution in [3.05, 3.63) is 0 Å². The third kappa shape index (κ3) is 4.70. The summed E-state index contributed by atoms with van der Waals surface area (Å²) in [6.45, 7) is 1.11. The van der Waals surface area contributed by atoms with Gasteiger partial charge in [0, 0.05) is 26.7 Å². The second-order valence-electron chi connectivity index (χ2n) is 4.15. The van der Waals surface area contributed by atoms with E-state index in [0.717, 1.165) is 6.42 Å². The van der Waals surface area contributed by atoms with E-state index < -0.39 is 0 Å². The molecular formula is C11H20N2O4. The normalized spacial score (nSPS) is 17.3. The van der Waals surface area contributed by atoms with Gasteiger partial charge in [0.25, 0.3) is 0 Å². The molecule has 0 aliphatic carbocycles. The largest absolute Gasteiger partial charge is 0.396 e. The molecule has 2 amide bonds. The molecule has 1 fully saturated rings. The molecule has 1 unspecified atom stereocenters. The SMILES string of the molecule is COCC(CCO)NC(=O)CN1CCCC1=O. The van der Waals surface area contributed by atoms with Gasteiger partial charge in [0.15, 0.2) is 0 Å². The molecule has 6 heteroatoms. The van der Waals surface area contributed by atoms with Gasteiger partial charge in [-0.05, 0) is 12.8 Å². The first-order valence-electron chi connectivity index (χ1n) is 5.84. The molecule has 0 bridgehead atoms. The summed E-state index contributed by atoms with van der Waals surface area (Å²) in [5.41, 5.74) is 0. The van der Waals surface area contributed by atoms with E-state index in [1.165, 1.54) is 0 Å². The number of methoxy groups -OCH3 is 1. The van der Waals surface area contributed by atoms with E-state index in [4.69, 9.17) is 9.84 Å². The lowest BCUT2D eigenvalue weighted by atomic mass is 10.2. The first-order valence-corrected chi connectivity index (χ1v) is 5.84. The van der Waals surface area contributed by atoms with Crippen molar-refractivity contribution in [3.8, 4) is 0 Å². The van der Waals surface area contributed by atoms with Gasteiger partial charge in [-0.25, -0.2) is 0 Å². The van der Waals surface area contributed by atoms with Crippen LogP contribution in [0.3, 0.4) is 0 Å². The molecule has 0 spiro atoms. The molecule has 0 aromatic rings. The summed E-state index contributed by atoms with van der Waals surface area (Å²) in [5.74, 6) is -0.165. The van der Waals surface area contributed by atoms with Crippen molar-refractivity contribution >= 4 is 11.8 Å². The van der Waals surface area contributed by atoms with Crippen molar-refractivity contribution in [2.45, 2.75) is 25.3 Å². The van der Waals surface area contributed by atoms with E-state index in [-0.39, 0.29) is 31.0 Å². The highest BCUT2D eigenvalue weighted by atomic mass is 16.5. The van der Waals surface area contributed by atoms with Crippen molar-refractivity contribution < 1.29 is 19.4 Å². The molecule has 1 aliphatic heterocycles. The number of carbonyl (C=O) groups excluding carboxylic acids is 2. The molecule has 1 rings (SSSR count). The van der Waals surface area contributed by atoms with Crippen LogP contribution in [-0.2, 0) is 14.3 Å². The Bertz CT molecular complexity index is 264. The van der Waals surface area contributed by atoms with Crippen LogP contribution in [-0.4, -0.2) is 61.3 Å². The molecule has 2 N–H and O–H groups in total. The van der Waals surface area contributed by atoms with Gasteiger partial charge in [-0.1, -0.05) is 0 Å². The Morgan fingerprint density at radius 1 is 1.65 bits per heavy atom. The highest BCUT2D eigenvalue weighted by Crippen LogP contribution is 2.08. The summed E-state index contributed by atoms with van der Waals surface area (Å²) < 4.78 is 4.94. The molecule has 0 aromatic heterocycles. The number of hydrogen-bond donors (Lipinski definition) is 2. The number of nitrogens with zero attached hydrogens (tertiary/aromatic N) is 1. The zero-order valence-electron chi connectivity index (χ0n) is 10.1. The van der Waals surface area contributed by atoms with Gasteiger partial charge in [-0.3, -0.25) is 9.59 Å². The van der Waals surface area contributed by atoms with Crippen LogP contribution in [0, 0.1) is 0 Å². The van der Waals surface area contributed by atoms with E-state index in [0.29, 0.717) is 26.0 Å². The first-order chi connectivity index (χ1) is 8.17. The molecule has 98 valence electrons. The van der Waals surface area contributed by atoms with Crippen molar-refractivity contribution in [1.29, 1.82) is 0 Å². The maximum atomic E-state index is 11.7. The third-order valence-corrected chi connectivity index (χ3v) is 2.72. The molecule has 0 aromatic carbocycles. The average Bonchev–Trinajstić information content (AvgIpc) is 2.65. The fourth-order valence-electron chi connectivity index (χ4n) is 1.87. The van der Waals surface area contributed by atoms with Gasteiger partial charge in [-0.2, -0.15) is 0 Å². The predicted molar refractivity (Wildman–Crippen MR) is 61.3 cm³/mol. The second kappa shape index (κ2) is 7.24. The second-order valence-corrected chi connectivity index (χ2v) is 4.15. The molecule has 1 heterocycles. The summed E-state index contributed by atoms with van der Waals surface area (Å²) in [6.07, 6.45) is 1.81. The number of nitrogens with one attached hydrogen (secondary N) is 1. The van der Waals surface area contributed by atoms with Gasteiger partial charge < -0.3 is 20.1 Å². The summed E-state index contributed by atoms with van der Waals surface area (Å²) in [6, 6.07) is -0.199. The predicted octanol–water partition coefficient (Wildman–Crippen LogP) is -0.878. The summed E-state index contributed by atoms with van der Waals surface area (Å²) in [7, 11) is 1.54. The van der Waals surface area contributed by atoms with Crippen LogP contribution >= 0.6 is 0 Å².